The number of nitrogens with zero attached hydrogens (tertiary/aromatic N) is 3. The molecule has 26 heavy (non-hydrogen) atoms. The molecular formula is C18H22ClN3O4. The summed E-state index contributed by atoms with van der Waals surface area (Å²) in [6.45, 7) is 3.98. The Kier molecular flexibility index (Phi) is 5.36. The van der Waals surface area contributed by atoms with Crippen LogP contribution in [-0.4, -0.2) is 67.4 Å². The van der Waals surface area contributed by atoms with Gasteiger partial charge in [0.15, 0.2) is 0 Å². The predicted molar refractivity (Wildman–Crippen MR) is 97.3 cm³/mol. The highest BCUT2D eigenvalue weighted by Crippen LogP contribution is 2.32. The second-order valence-corrected chi connectivity index (χ2v) is 6.96. The largest absolute Gasteiger partial charge is 0.495 e. The van der Waals surface area contributed by atoms with E-state index in [4.69, 9.17) is 16.3 Å². The molecule has 0 N–H and O–H groups in total. The van der Waals surface area contributed by atoms with Crippen molar-refractivity contribution >= 4 is 35.0 Å². The van der Waals surface area contributed by atoms with E-state index >= 15 is 0 Å². The standard InChI is InChI=1S/C18H22ClN3O4/c1-12(23)20-5-7-21(8-6-20)18(25)13-9-17(24)22(11-13)14-3-4-16(26-2)15(19)10-14/h3-4,10,13H,5-9,11H2,1-2H3. The lowest BCUT2D eigenvalue weighted by Gasteiger charge is -2.35. The molecule has 0 radical (unpaired) electrons. The van der Waals surface area contributed by atoms with Crippen molar-refractivity contribution in [3.63, 3.8) is 0 Å². The number of anilines is 1. The van der Waals surface area contributed by atoms with Gasteiger partial charge in [-0.25, -0.2) is 0 Å². The van der Waals surface area contributed by atoms with Gasteiger partial charge in [0.25, 0.3) is 0 Å². The van der Waals surface area contributed by atoms with Crippen molar-refractivity contribution < 1.29 is 19.1 Å². The van der Waals surface area contributed by atoms with Crippen molar-refractivity contribution in [2.45, 2.75) is 13.3 Å². The first-order valence-corrected chi connectivity index (χ1v) is 8.96. The third-order valence-electron chi connectivity index (χ3n) is 4.96. The third-order valence-corrected chi connectivity index (χ3v) is 5.25. The first-order chi connectivity index (χ1) is 12.4. The van der Waals surface area contributed by atoms with Crippen LogP contribution in [0.2, 0.25) is 5.02 Å². The Morgan fingerprint density at radius 3 is 2.38 bits per heavy atom. The maximum atomic E-state index is 12.8. The van der Waals surface area contributed by atoms with Gasteiger partial charge in [-0.2, -0.15) is 0 Å². The van der Waals surface area contributed by atoms with E-state index < -0.39 is 0 Å². The number of amides is 3. The van der Waals surface area contributed by atoms with E-state index in [-0.39, 0.29) is 30.1 Å². The van der Waals surface area contributed by atoms with Crippen molar-refractivity contribution in [2.24, 2.45) is 5.92 Å². The molecule has 1 aromatic carbocycles. The van der Waals surface area contributed by atoms with Gasteiger partial charge in [0.05, 0.1) is 18.1 Å². The molecule has 0 spiro atoms. The molecule has 3 rings (SSSR count). The number of carbonyl (C=O) groups is 3. The molecular weight excluding hydrogens is 358 g/mol. The SMILES string of the molecule is COc1ccc(N2CC(C(=O)N3CCN(C(C)=O)CC3)CC2=O)cc1Cl. The molecule has 2 fully saturated rings. The lowest BCUT2D eigenvalue weighted by atomic mass is 10.1. The van der Waals surface area contributed by atoms with E-state index in [0.717, 1.165) is 0 Å². The van der Waals surface area contributed by atoms with E-state index in [1.165, 1.54) is 14.0 Å². The molecule has 1 aromatic rings. The number of carbonyl (C=O) groups excluding carboxylic acids is 3. The number of hydrogen-bond donors (Lipinski definition) is 0. The smallest absolute Gasteiger partial charge is 0.228 e. The van der Waals surface area contributed by atoms with Gasteiger partial charge >= 0.3 is 0 Å². The molecule has 2 heterocycles. The number of halogens is 1. The first kappa shape index (κ1) is 18.5. The third kappa shape index (κ3) is 3.62. The van der Waals surface area contributed by atoms with E-state index in [9.17, 15) is 14.4 Å². The zero-order chi connectivity index (χ0) is 18.8. The maximum Gasteiger partial charge on any atom is 0.228 e. The number of ether oxygens (including phenoxy) is 1. The summed E-state index contributed by atoms with van der Waals surface area (Å²) in [5.41, 5.74) is 0.664. The summed E-state index contributed by atoms with van der Waals surface area (Å²) in [6.07, 6.45) is 0.190. The van der Waals surface area contributed by atoms with Gasteiger partial charge in [-0.1, -0.05) is 11.6 Å². The molecule has 0 aliphatic carbocycles. The van der Waals surface area contributed by atoms with Crippen LogP contribution in [0.3, 0.4) is 0 Å². The van der Waals surface area contributed by atoms with Crippen LogP contribution in [0, 0.1) is 5.92 Å². The van der Waals surface area contributed by atoms with Gasteiger partial charge < -0.3 is 19.4 Å². The number of methoxy groups -OCH3 is 1. The first-order valence-electron chi connectivity index (χ1n) is 8.59. The second kappa shape index (κ2) is 7.53. The van der Waals surface area contributed by atoms with Crippen molar-refractivity contribution in [1.29, 1.82) is 0 Å². The minimum Gasteiger partial charge on any atom is -0.495 e. The fourth-order valence-corrected chi connectivity index (χ4v) is 3.70. The van der Waals surface area contributed by atoms with Crippen molar-refractivity contribution in [1.82, 2.24) is 9.80 Å². The van der Waals surface area contributed by atoms with Crippen LogP contribution >= 0.6 is 11.6 Å². The molecule has 0 aromatic heterocycles. The highest BCUT2D eigenvalue weighted by molar-refractivity contribution is 6.32. The molecule has 2 aliphatic heterocycles. The Morgan fingerprint density at radius 2 is 1.81 bits per heavy atom. The van der Waals surface area contributed by atoms with Crippen LogP contribution in [0.1, 0.15) is 13.3 Å². The van der Waals surface area contributed by atoms with Gasteiger partial charge in [0.1, 0.15) is 5.75 Å². The molecule has 1 unspecified atom stereocenters. The molecule has 1 atom stereocenters. The van der Waals surface area contributed by atoms with Gasteiger partial charge in [0, 0.05) is 51.8 Å². The summed E-state index contributed by atoms with van der Waals surface area (Å²) >= 11 is 6.15. The lowest BCUT2D eigenvalue weighted by Crippen LogP contribution is -2.51. The van der Waals surface area contributed by atoms with Crippen LogP contribution in [0.25, 0.3) is 0 Å². The lowest BCUT2D eigenvalue weighted by molar-refractivity contribution is -0.141. The Balaban J connectivity index is 1.65. The average molecular weight is 380 g/mol. The van der Waals surface area contributed by atoms with E-state index in [1.807, 2.05) is 0 Å². The van der Waals surface area contributed by atoms with Crippen LogP contribution in [-0.2, 0) is 14.4 Å². The predicted octanol–water partition coefficient (Wildman–Crippen LogP) is 1.39. The fourth-order valence-electron chi connectivity index (χ4n) is 3.45. The Labute approximate surface area is 157 Å². The van der Waals surface area contributed by atoms with Crippen LogP contribution in [0.4, 0.5) is 5.69 Å². The number of rotatable bonds is 3. The highest BCUT2D eigenvalue weighted by Gasteiger charge is 2.38. The average Bonchev–Trinajstić information content (AvgIpc) is 3.02. The van der Waals surface area contributed by atoms with Gasteiger partial charge in [-0.05, 0) is 18.2 Å². The minimum absolute atomic E-state index is 0.0238. The highest BCUT2D eigenvalue weighted by atomic mass is 35.5. The minimum atomic E-state index is -0.368. The summed E-state index contributed by atoms with van der Waals surface area (Å²) in [4.78, 5) is 41.7. The van der Waals surface area contributed by atoms with Crippen molar-refractivity contribution in [3.05, 3.63) is 23.2 Å². The molecule has 2 saturated heterocycles. The van der Waals surface area contributed by atoms with Crippen LogP contribution < -0.4 is 9.64 Å². The molecule has 140 valence electrons. The van der Waals surface area contributed by atoms with Crippen LogP contribution in [0.15, 0.2) is 18.2 Å². The molecule has 7 nitrogen and oxygen atoms in total. The monoisotopic (exact) mass is 379 g/mol. The Hall–Kier alpha value is -2.28. The summed E-state index contributed by atoms with van der Waals surface area (Å²) in [5, 5.41) is 0.424. The number of piperazine rings is 1. The topological polar surface area (TPSA) is 70.2 Å². The molecule has 3 amide bonds. The van der Waals surface area contributed by atoms with E-state index in [0.29, 0.717) is 49.2 Å². The maximum absolute atomic E-state index is 12.8. The fraction of sp³-hybridized carbons (Fsp3) is 0.500. The van der Waals surface area contributed by atoms with E-state index in [1.54, 1.807) is 32.9 Å². The summed E-state index contributed by atoms with van der Waals surface area (Å²) in [7, 11) is 1.53. The van der Waals surface area contributed by atoms with Crippen molar-refractivity contribution in [3.8, 4) is 5.75 Å². The number of benzene rings is 1. The quantitative estimate of drug-likeness (QED) is 0.795. The van der Waals surface area contributed by atoms with Gasteiger partial charge in [-0.3, -0.25) is 14.4 Å². The summed E-state index contributed by atoms with van der Waals surface area (Å²) in [5.74, 6) is 0.0802. The molecule has 0 saturated carbocycles. The summed E-state index contributed by atoms with van der Waals surface area (Å²) < 4.78 is 5.13. The number of hydrogen-bond acceptors (Lipinski definition) is 4. The second-order valence-electron chi connectivity index (χ2n) is 6.56. The van der Waals surface area contributed by atoms with Crippen LogP contribution in [0.5, 0.6) is 5.75 Å². The normalized spacial score (nSPS) is 20.5. The Bertz CT molecular complexity index is 731. The molecule has 0 bridgehead atoms. The van der Waals surface area contributed by atoms with Gasteiger partial charge in [0.2, 0.25) is 17.7 Å². The molecule has 8 heteroatoms. The summed E-state index contributed by atoms with van der Waals surface area (Å²) in [6, 6.07) is 5.15. The van der Waals surface area contributed by atoms with Gasteiger partial charge in [-0.15, -0.1) is 0 Å². The van der Waals surface area contributed by atoms with Crippen molar-refractivity contribution in [2.75, 3.05) is 44.7 Å². The molecule has 2 aliphatic rings. The zero-order valence-electron chi connectivity index (χ0n) is 14.9. The van der Waals surface area contributed by atoms with E-state index in [2.05, 4.69) is 0 Å². The Morgan fingerprint density at radius 1 is 1.15 bits per heavy atom. The zero-order valence-corrected chi connectivity index (χ0v) is 15.7.